The van der Waals surface area contributed by atoms with Crippen molar-refractivity contribution in [3.8, 4) is 5.75 Å². The van der Waals surface area contributed by atoms with Crippen LogP contribution >= 0.6 is 0 Å². The van der Waals surface area contributed by atoms with Crippen molar-refractivity contribution in [2.75, 3.05) is 32.4 Å². The largest absolute Gasteiger partial charge is 0.491 e. The molecule has 0 aliphatic carbocycles. The van der Waals surface area contributed by atoms with Gasteiger partial charge in [0.2, 0.25) is 10.0 Å². The minimum Gasteiger partial charge on any atom is -0.491 e. The van der Waals surface area contributed by atoms with Crippen molar-refractivity contribution in [2.24, 2.45) is 0 Å². The Balaban J connectivity index is 1.98. The molecule has 0 saturated carbocycles. The molecule has 6 nitrogen and oxygen atoms in total. The van der Waals surface area contributed by atoms with E-state index in [1.165, 1.54) is 10.6 Å². The second kappa shape index (κ2) is 6.66. The molecule has 1 aliphatic rings. The number of benzene rings is 1. The summed E-state index contributed by atoms with van der Waals surface area (Å²) in [6.45, 7) is 5.41. The first-order valence-corrected chi connectivity index (χ1v) is 9.13. The van der Waals surface area contributed by atoms with Crippen LogP contribution < -0.4 is 4.74 Å². The van der Waals surface area contributed by atoms with Crippen LogP contribution in [0.4, 0.5) is 0 Å². The number of ether oxygens (including phenoxy) is 1. The predicted octanol–water partition coefficient (Wildman–Crippen LogP) is 1.19. The number of carbonyl (C=O) groups is 1. The van der Waals surface area contributed by atoms with Crippen LogP contribution in [-0.4, -0.2) is 62.1 Å². The Morgan fingerprint density at radius 2 is 1.64 bits per heavy atom. The van der Waals surface area contributed by atoms with E-state index in [1.54, 1.807) is 29.2 Å². The van der Waals surface area contributed by atoms with Crippen LogP contribution in [0, 0.1) is 0 Å². The minimum atomic E-state index is -3.18. The van der Waals surface area contributed by atoms with Gasteiger partial charge in [0, 0.05) is 31.7 Å². The normalized spacial score (nSPS) is 16.8. The van der Waals surface area contributed by atoms with Gasteiger partial charge in [-0.3, -0.25) is 4.79 Å². The lowest BCUT2D eigenvalue weighted by Crippen LogP contribution is -2.50. The van der Waals surface area contributed by atoms with Crippen LogP contribution in [0.2, 0.25) is 0 Å². The summed E-state index contributed by atoms with van der Waals surface area (Å²) in [5.74, 6) is 0.651. The van der Waals surface area contributed by atoms with E-state index in [-0.39, 0.29) is 12.0 Å². The topological polar surface area (TPSA) is 66.9 Å². The van der Waals surface area contributed by atoms with E-state index in [9.17, 15) is 13.2 Å². The molecular formula is C15H22N2O4S. The van der Waals surface area contributed by atoms with Gasteiger partial charge < -0.3 is 9.64 Å². The molecule has 0 bridgehead atoms. The minimum absolute atomic E-state index is 0.0794. The van der Waals surface area contributed by atoms with Crippen LogP contribution in [0.5, 0.6) is 5.75 Å². The SMILES string of the molecule is CC(C)Oc1ccc(C(=O)N2CCN(S(C)(=O)=O)CC2)cc1. The van der Waals surface area contributed by atoms with E-state index < -0.39 is 10.0 Å². The lowest BCUT2D eigenvalue weighted by Gasteiger charge is -2.33. The summed E-state index contributed by atoms with van der Waals surface area (Å²) in [6.07, 6.45) is 1.28. The molecule has 1 fully saturated rings. The molecule has 1 amide bonds. The number of rotatable bonds is 4. The maximum Gasteiger partial charge on any atom is 0.253 e. The molecule has 0 aromatic heterocycles. The van der Waals surface area contributed by atoms with Crippen molar-refractivity contribution in [1.29, 1.82) is 0 Å². The summed E-state index contributed by atoms with van der Waals surface area (Å²) in [6, 6.07) is 7.03. The Morgan fingerprint density at radius 3 is 2.09 bits per heavy atom. The van der Waals surface area contributed by atoms with Crippen molar-refractivity contribution in [1.82, 2.24) is 9.21 Å². The first kappa shape index (κ1) is 16.8. The zero-order valence-electron chi connectivity index (χ0n) is 13.2. The van der Waals surface area contributed by atoms with Crippen LogP contribution in [0.3, 0.4) is 0 Å². The van der Waals surface area contributed by atoms with Gasteiger partial charge in [-0.25, -0.2) is 8.42 Å². The average Bonchev–Trinajstić information content (AvgIpc) is 2.46. The second-order valence-electron chi connectivity index (χ2n) is 5.65. The Bertz CT molecular complexity index is 617. The summed E-state index contributed by atoms with van der Waals surface area (Å²) in [5.41, 5.74) is 0.587. The molecule has 1 aliphatic heterocycles. The van der Waals surface area contributed by atoms with Gasteiger partial charge >= 0.3 is 0 Å². The standard InChI is InChI=1S/C15H22N2O4S/c1-12(2)21-14-6-4-13(5-7-14)15(18)16-8-10-17(11-9-16)22(3,19)20/h4-7,12H,8-11H2,1-3H3. The molecule has 0 radical (unpaired) electrons. The van der Waals surface area contributed by atoms with Crippen molar-refractivity contribution in [3.05, 3.63) is 29.8 Å². The lowest BCUT2D eigenvalue weighted by molar-refractivity contribution is 0.0698. The fraction of sp³-hybridized carbons (Fsp3) is 0.533. The first-order chi connectivity index (χ1) is 10.3. The Labute approximate surface area is 131 Å². The van der Waals surface area contributed by atoms with E-state index in [4.69, 9.17) is 4.74 Å². The first-order valence-electron chi connectivity index (χ1n) is 7.28. The summed E-state index contributed by atoms with van der Waals surface area (Å²) in [5, 5.41) is 0. The third-order valence-electron chi connectivity index (χ3n) is 3.47. The molecule has 1 aromatic carbocycles. The number of piperazine rings is 1. The summed E-state index contributed by atoms with van der Waals surface area (Å²) in [7, 11) is -3.18. The van der Waals surface area contributed by atoms with E-state index in [0.29, 0.717) is 31.7 Å². The molecular weight excluding hydrogens is 304 g/mol. The fourth-order valence-corrected chi connectivity index (χ4v) is 3.18. The number of hydrogen-bond donors (Lipinski definition) is 0. The highest BCUT2D eigenvalue weighted by atomic mass is 32.2. The van der Waals surface area contributed by atoms with E-state index in [0.717, 1.165) is 5.75 Å². The molecule has 0 N–H and O–H groups in total. The highest BCUT2D eigenvalue weighted by molar-refractivity contribution is 7.88. The zero-order valence-corrected chi connectivity index (χ0v) is 14.0. The zero-order chi connectivity index (χ0) is 16.3. The monoisotopic (exact) mass is 326 g/mol. The summed E-state index contributed by atoms with van der Waals surface area (Å²) in [4.78, 5) is 14.1. The smallest absolute Gasteiger partial charge is 0.253 e. The van der Waals surface area contributed by atoms with Gasteiger partial charge in [-0.05, 0) is 38.1 Å². The summed E-state index contributed by atoms with van der Waals surface area (Å²) >= 11 is 0. The van der Waals surface area contributed by atoms with E-state index in [2.05, 4.69) is 0 Å². The molecule has 0 atom stereocenters. The van der Waals surface area contributed by atoms with Crippen molar-refractivity contribution in [2.45, 2.75) is 20.0 Å². The van der Waals surface area contributed by atoms with Gasteiger partial charge in [0.1, 0.15) is 5.75 Å². The number of hydrogen-bond acceptors (Lipinski definition) is 4. The average molecular weight is 326 g/mol. The van der Waals surface area contributed by atoms with Gasteiger partial charge in [-0.15, -0.1) is 0 Å². The maximum atomic E-state index is 12.4. The third kappa shape index (κ3) is 4.20. The highest BCUT2D eigenvalue weighted by Gasteiger charge is 2.26. The molecule has 1 aromatic rings. The molecule has 122 valence electrons. The number of amides is 1. The molecule has 1 saturated heterocycles. The lowest BCUT2D eigenvalue weighted by atomic mass is 10.2. The third-order valence-corrected chi connectivity index (χ3v) is 4.77. The van der Waals surface area contributed by atoms with Crippen LogP contribution in [0.1, 0.15) is 24.2 Å². The van der Waals surface area contributed by atoms with Gasteiger partial charge in [0.25, 0.3) is 5.91 Å². The fourth-order valence-electron chi connectivity index (χ4n) is 2.35. The molecule has 0 unspecified atom stereocenters. The predicted molar refractivity (Wildman–Crippen MR) is 84.5 cm³/mol. The van der Waals surface area contributed by atoms with Gasteiger partial charge in [-0.1, -0.05) is 0 Å². The molecule has 7 heteroatoms. The van der Waals surface area contributed by atoms with Crippen molar-refractivity contribution < 1.29 is 17.9 Å². The molecule has 2 rings (SSSR count). The number of carbonyl (C=O) groups excluding carboxylic acids is 1. The number of nitrogens with zero attached hydrogens (tertiary/aromatic N) is 2. The van der Waals surface area contributed by atoms with Crippen LogP contribution in [0.25, 0.3) is 0 Å². The quantitative estimate of drug-likeness (QED) is 0.833. The van der Waals surface area contributed by atoms with Crippen LogP contribution in [0.15, 0.2) is 24.3 Å². The van der Waals surface area contributed by atoms with Crippen LogP contribution in [-0.2, 0) is 10.0 Å². The van der Waals surface area contributed by atoms with Crippen molar-refractivity contribution >= 4 is 15.9 Å². The van der Waals surface area contributed by atoms with Crippen molar-refractivity contribution in [3.63, 3.8) is 0 Å². The van der Waals surface area contributed by atoms with Gasteiger partial charge in [0.05, 0.1) is 12.4 Å². The van der Waals surface area contributed by atoms with E-state index in [1.807, 2.05) is 13.8 Å². The summed E-state index contributed by atoms with van der Waals surface area (Å²) < 4.78 is 29.9. The Hall–Kier alpha value is -1.60. The second-order valence-corrected chi connectivity index (χ2v) is 7.63. The van der Waals surface area contributed by atoms with Gasteiger partial charge in [-0.2, -0.15) is 4.31 Å². The Kier molecular flexibility index (Phi) is 5.08. The van der Waals surface area contributed by atoms with E-state index >= 15 is 0 Å². The highest BCUT2D eigenvalue weighted by Crippen LogP contribution is 2.16. The number of sulfonamides is 1. The van der Waals surface area contributed by atoms with Gasteiger partial charge in [0.15, 0.2) is 0 Å². The molecule has 1 heterocycles. The Morgan fingerprint density at radius 1 is 1.09 bits per heavy atom. The maximum absolute atomic E-state index is 12.4. The molecule has 22 heavy (non-hydrogen) atoms. The molecule has 0 spiro atoms.